The molecule has 0 aliphatic rings. The largest absolute Gasteiger partial charge is 0.359 e. The number of hydrogen-bond donors (Lipinski definition) is 0. The van der Waals surface area contributed by atoms with E-state index in [-0.39, 0.29) is 0 Å². The number of anilines is 1. The summed E-state index contributed by atoms with van der Waals surface area (Å²) in [6, 6.07) is 4.24. The highest BCUT2D eigenvalue weighted by Crippen LogP contribution is 2.22. The van der Waals surface area contributed by atoms with Gasteiger partial charge in [0.25, 0.3) is 0 Å². The predicted octanol–water partition coefficient (Wildman–Crippen LogP) is 3.49. The number of aromatic nitrogens is 2. The van der Waals surface area contributed by atoms with E-state index in [4.69, 9.17) is 11.6 Å². The third-order valence-corrected chi connectivity index (χ3v) is 4.11. The zero-order valence-electron chi connectivity index (χ0n) is 10.8. The van der Waals surface area contributed by atoms with Gasteiger partial charge in [-0.25, -0.2) is 9.97 Å². The van der Waals surface area contributed by atoms with Crippen molar-refractivity contribution in [3.05, 3.63) is 38.9 Å². The van der Waals surface area contributed by atoms with E-state index in [0.717, 1.165) is 24.3 Å². The van der Waals surface area contributed by atoms with E-state index in [1.165, 1.54) is 4.88 Å². The summed E-state index contributed by atoms with van der Waals surface area (Å²) >= 11 is 7.87. The maximum absolute atomic E-state index is 6.09. The minimum absolute atomic E-state index is 0.542. The van der Waals surface area contributed by atoms with Gasteiger partial charge in [-0.1, -0.05) is 17.7 Å². The maximum atomic E-state index is 6.09. The first-order valence-corrected chi connectivity index (χ1v) is 7.08. The van der Waals surface area contributed by atoms with Gasteiger partial charge in [0.15, 0.2) is 0 Å². The number of nitrogens with zero attached hydrogens (tertiary/aromatic N) is 3. The third-order valence-electron chi connectivity index (χ3n) is 2.81. The molecule has 0 bridgehead atoms. The average Bonchev–Trinajstić information content (AvgIpc) is 2.83. The minimum atomic E-state index is 0.542. The molecule has 0 fully saturated rings. The second-order valence-electron chi connectivity index (χ2n) is 4.26. The Labute approximate surface area is 116 Å². The molecular formula is C13H16ClN3S. The molecule has 0 saturated carbocycles. The lowest BCUT2D eigenvalue weighted by molar-refractivity contribution is 0.849. The highest BCUT2D eigenvalue weighted by molar-refractivity contribution is 7.09. The topological polar surface area (TPSA) is 29.0 Å². The Morgan fingerprint density at radius 3 is 2.78 bits per heavy atom. The quantitative estimate of drug-likeness (QED) is 0.804. The van der Waals surface area contributed by atoms with Crippen LogP contribution in [0.1, 0.15) is 16.3 Å². The molecule has 0 aromatic carbocycles. The second kappa shape index (κ2) is 5.67. The summed E-state index contributed by atoms with van der Waals surface area (Å²) < 4.78 is 0. The van der Waals surface area contributed by atoms with Gasteiger partial charge in [-0.05, 0) is 31.7 Å². The van der Waals surface area contributed by atoms with Crippen LogP contribution >= 0.6 is 22.9 Å². The van der Waals surface area contributed by atoms with Crippen molar-refractivity contribution in [1.82, 2.24) is 9.97 Å². The molecule has 2 aromatic heterocycles. The standard InChI is InChI=1S/C13H16ClN3S/c1-9-12(14)15-10(2)16-13(9)17(3)7-6-11-5-4-8-18-11/h4-5,8H,6-7H2,1-3H3. The van der Waals surface area contributed by atoms with Crippen LogP contribution in [-0.4, -0.2) is 23.6 Å². The fourth-order valence-electron chi connectivity index (χ4n) is 1.79. The van der Waals surface area contributed by atoms with Gasteiger partial charge in [0.05, 0.1) is 0 Å². The number of halogens is 1. The first kappa shape index (κ1) is 13.3. The summed E-state index contributed by atoms with van der Waals surface area (Å²) in [6.07, 6.45) is 1.02. The number of thiophene rings is 1. The van der Waals surface area contributed by atoms with Gasteiger partial charge in [0, 0.05) is 24.0 Å². The van der Waals surface area contributed by atoms with Crippen LogP contribution in [0.25, 0.3) is 0 Å². The van der Waals surface area contributed by atoms with Crippen LogP contribution in [0.15, 0.2) is 17.5 Å². The average molecular weight is 282 g/mol. The van der Waals surface area contributed by atoms with Gasteiger partial charge in [0.2, 0.25) is 0 Å². The van der Waals surface area contributed by atoms with Crippen molar-refractivity contribution in [2.45, 2.75) is 20.3 Å². The molecule has 0 radical (unpaired) electrons. The van der Waals surface area contributed by atoms with Crippen molar-refractivity contribution in [1.29, 1.82) is 0 Å². The molecule has 3 nitrogen and oxygen atoms in total. The van der Waals surface area contributed by atoms with Gasteiger partial charge in [-0.3, -0.25) is 0 Å². The Hall–Kier alpha value is -1.13. The minimum Gasteiger partial charge on any atom is -0.359 e. The van der Waals surface area contributed by atoms with Crippen LogP contribution in [-0.2, 0) is 6.42 Å². The van der Waals surface area contributed by atoms with E-state index in [1.54, 1.807) is 11.3 Å². The van der Waals surface area contributed by atoms with Crippen molar-refractivity contribution in [2.75, 3.05) is 18.5 Å². The lowest BCUT2D eigenvalue weighted by Crippen LogP contribution is -2.22. The van der Waals surface area contributed by atoms with Crippen molar-refractivity contribution < 1.29 is 0 Å². The van der Waals surface area contributed by atoms with E-state index in [2.05, 4.69) is 32.4 Å². The maximum Gasteiger partial charge on any atom is 0.137 e. The molecule has 0 unspecified atom stereocenters. The molecule has 0 N–H and O–H groups in total. The van der Waals surface area contributed by atoms with Gasteiger partial charge in [0.1, 0.15) is 16.8 Å². The van der Waals surface area contributed by atoms with Crippen LogP contribution in [0.5, 0.6) is 0 Å². The highest BCUT2D eigenvalue weighted by atomic mass is 35.5. The fraction of sp³-hybridized carbons (Fsp3) is 0.385. The zero-order chi connectivity index (χ0) is 13.1. The highest BCUT2D eigenvalue weighted by Gasteiger charge is 2.11. The van der Waals surface area contributed by atoms with Gasteiger partial charge >= 0.3 is 0 Å². The molecule has 0 amide bonds. The molecule has 0 saturated heterocycles. The van der Waals surface area contributed by atoms with E-state index < -0.39 is 0 Å². The van der Waals surface area contributed by atoms with Crippen molar-refractivity contribution >= 4 is 28.8 Å². The Morgan fingerprint density at radius 1 is 1.33 bits per heavy atom. The molecule has 0 spiro atoms. The molecule has 96 valence electrons. The summed E-state index contributed by atoms with van der Waals surface area (Å²) in [4.78, 5) is 12.1. The van der Waals surface area contributed by atoms with Crippen LogP contribution in [0.3, 0.4) is 0 Å². The molecular weight excluding hydrogens is 266 g/mol. The Kier molecular flexibility index (Phi) is 4.19. The van der Waals surface area contributed by atoms with E-state index >= 15 is 0 Å². The molecule has 18 heavy (non-hydrogen) atoms. The van der Waals surface area contributed by atoms with Crippen molar-refractivity contribution in [3.8, 4) is 0 Å². The van der Waals surface area contributed by atoms with Crippen LogP contribution in [0, 0.1) is 13.8 Å². The number of aryl methyl sites for hydroxylation is 1. The molecule has 0 aliphatic carbocycles. The van der Waals surface area contributed by atoms with E-state index in [9.17, 15) is 0 Å². The van der Waals surface area contributed by atoms with Crippen LogP contribution < -0.4 is 4.90 Å². The van der Waals surface area contributed by atoms with Gasteiger partial charge in [-0.2, -0.15) is 0 Å². The number of rotatable bonds is 4. The zero-order valence-corrected chi connectivity index (χ0v) is 12.3. The molecule has 0 atom stereocenters. The molecule has 2 heterocycles. The SMILES string of the molecule is Cc1nc(Cl)c(C)c(N(C)CCc2cccs2)n1. The summed E-state index contributed by atoms with van der Waals surface area (Å²) in [5.41, 5.74) is 0.941. The summed E-state index contributed by atoms with van der Waals surface area (Å²) in [6.45, 7) is 4.74. The van der Waals surface area contributed by atoms with Gasteiger partial charge < -0.3 is 4.90 Å². The predicted molar refractivity (Wildman–Crippen MR) is 77.8 cm³/mol. The first-order chi connectivity index (χ1) is 8.58. The second-order valence-corrected chi connectivity index (χ2v) is 5.65. The Morgan fingerprint density at radius 2 is 2.11 bits per heavy atom. The summed E-state index contributed by atoms with van der Waals surface area (Å²) in [5.74, 6) is 1.63. The molecule has 2 rings (SSSR count). The smallest absolute Gasteiger partial charge is 0.137 e. The van der Waals surface area contributed by atoms with Crippen molar-refractivity contribution in [3.63, 3.8) is 0 Å². The Balaban J connectivity index is 2.11. The van der Waals surface area contributed by atoms with Crippen molar-refractivity contribution in [2.24, 2.45) is 0 Å². The van der Waals surface area contributed by atoms with Gasteiger partial charge in [-0.15, -0.1) is 11.3 Å². The molecule has 5 heteroatoms. The lowest BCUT2D eigenvalue weighted by atomic mass is 10.3. The number of likely N-dealkylation sites (N-methyl/N-ethyl adjacent to an activating group) is 1. The monoisotopic (exact) mass is 281 g/mol. The molecule has 0 aliphatic heterocycles. The Bertz CT molecular complexity index is 525. The third kappa shape index (κ3) is 3.00. The molecule has 2 aromatic rings. The van der Waals surface area contributed by atoms with E-state index in [1.807, 2.05) is 20.9 Å². The normalized spacial score (nSPS) is 10.7. The lowest BCUT2D eigenvalue weighted by Gasteiger charge is -2.20. The van der Waals surface area contributed by atoms with Crippen LogP contribution in [0.2, 0.25) is 5.15 Å². The van der Waals surface area contributed by atoms with Crippen LogP contribution in [0.4, 0.5) is 5.82 Å². The first-order valence-electron chi connectivity index (χ1n) is 5.82. The fourth-order valence-corrected chi connectivity index (χ4v) is 2.70. The summed E-state index contributed by atoms with van der Waals surface area (Å²) in [5, 5.41) is 2.65. The van der Waals surface area contributed by atoms with E-state index in [0.29, 0.717) is 11.0 Å². The number of hydrogen-bond acceptors (Lipinski definition) is 4. The summed E-state index contributed by atoms with van der Waals surface area (Å²) in [7, 11) is 2.04.